The Labute approximate surface area is 96.6 Å². The van der Waals surface area contributed by atoms with Gasteiger partial charge in [0.15, 0.2) is 0 Å². The van der Waals surface area contributed by atoms with Gasteiger partial charge in [-0.25, -0.2) is 14.6 Å². The van der Waals surface area contributed by atoms with E-state index in [2.05, 4.69) is 9.97 Å². The fraction of sp³-hybridized carbons (Fsp3) is 0.273. The summed E-state index contributed by atoms with van der Waals surface area (Å²) in [5.41, 5.74) is -0.0824. The molecule has 0 atom stereocenters. The van der Waals surface area contributed by atoms with Crippen molar-refractivity contribution >= 4 is 11.6 Å². The van der Waals surface area contributed by atoms with Crippen molar-refractivity contribution in [3.05, 3.63) is 40.2 Å². The van der Waals surface area contributed by atoms with Crippen molar-refractivity contribution in [2.75, 3.05) is 0 Å². The van der Waals surface area contributed by atoms with Crippen molar-refractivity contribution in [3.63, 3.8) is 0 Å². The van der Waals surface area contributed by atoms with Crippen molar-refractivity contribution in [1.82, 2.24) is 14.4 Å². The Kier molecular flexibility index (Phi) is 2.63. The topological polar surface area (TPSA) is 84.6 Å². The summed E-state index contributed by atoms with van der Waals surface area (Å²) in [6.07, 6.45) is 1.23. The van der Waals surface area contributed by atoms with E-state index < -0.39 is 11.7 Å². The minimum absolute atomic E-state index is 0.0282. The van der Waals surface area contributed by atoms with Crippen LogP contribution in [-0.4, -0.2) is 25.4 Å². The van der Waals surface area contributed by atoms with Crippen LogP contribution in [0.4, 0.5) is 0 Å². The number of nitrogens with zero attached hydrogens (tertiary/aromatic N) is 3. The van der Waals surface area contributed by atoms with Gasteiger partial charge in [0.05, 0.1) is 5.56 Å². The molecule has 88 valence electrons. The second kappa shape index (κ2) is 3.97. The summed E-state index contributed by atoms with van der Waals surface area (Å²) in [6.45, 7) is 3.77. The molecule has 0 bridgehead atoms. The Hall–Kier alpha value is -2.24. The number of aromatic nitrogens is 3. The van der Waals surface area contributed by atoms with E-state index in [0.29, 0.717) is 11.5 Å². The van der Waals surface area contributed by atoms with Crippen LogP contribution in [0.5, 0.6) is 0 Å². The maximum Gasteiger partial charge on any atom is 0.355 e. The van der Waals surface area contributed by atoms with Crippen LogP contribution in [-0.2, 0) is 0 Å². The SMILES string of the molecule is CC(C)c1nc(=O)n2cc(C(=O)O)ccc2n1. The van der Waals surface area contributed by atoms with Crippen LogP contribution in [0.15, 0.2) is 23.1 Å². The largest absolute Gasteiger partial charge is 0.478 e. The molecule has 2 aromatic rings. The molecule has 6 nitrogen and oxygen atoms in total. The lowest BCUT2D eigenvalue weighted by atomic mass is 10.2. The van der Waals surface area contributed by atoms with E-state index in [1.54, 1.807) is 0 Å². The fourth-order valence-corrected chi connectivity index (χ4v) is 1.42. The maximum atomic E-state index is 11.7. The van der Waals surface area contributed by atoms with Crippen LogP contribution >= 0.6 is 0 Å². The first-order valence-electron chi connectivity index (χ1n) is 5.12. The van der Waals surface area contributed by atoms with Crippen LogP contribution in [0.3, 0.4) is 0 Å². The van der Waals surface area contributed by atoms with E-state index in [-0.39, 0.29) is 11.5 Å². The summed E-state index contributed by atoms with van der Waals surface area (Å²) in [6, 6.07) is 2.91. The minimum Gasteiger partial charge on any atom is -0.478 e. The molecule has 6 heteroatoms. The van der Waals surface area contributed by atoms with Gasteiger partial charge in [-0.15, -0.1) is 0 Å². The highest BCUT2D eigenvalue weighted by Crippen LogP contribution is 2.08. The van der Waals surface area contributed by atoms with Gasteiger partial charge in [0, 0.05) is 12.1 Å². The fourth-order valence-electron chi connectivity index (χ4n) is 1.42. The molecule has 0 aromatic carbocycles. The highest BCUT2D eigenvalue weighted by atomic mass is 16.4. The van der Waals surface area contributed by atoms with Gasteiger partial charge in [-0.1, -0.05) is 13.8 Å². The van der Waals surface area contributed by atoms with Crippen LogP contribution in [0.1, 0.15) is 35.9 Å². The van der Waals surface area contributed by atoms with Gasteiger partial charge < -0.3 is 5.11 Å². The second-order valence-electron chi connectivity index (χ2n) is 3.97. The number of carboxylic acids is 1. The first kappa shape index (κ1) is 11.3. The van der Waals surface area contributed by atoms with E-state index >= 15 is 0 Å². The zero-order valence-electron chi connectivity index (χ0n) is 9.41. The number of hydrogen-bond acceptors (Lipinski definition) is 4. The third-order valence-corrected chi connectivity index (χ3v) is 2.34. The van der Waals surface area contributed by atoms with Gasteiger partial charge in [-0.2, -0.15) is 4.98 Å². The first-order valence-corrected chi connectivity index (χ1v) is 5.12. The molecular formula is C11H11N3O3. The number of hydrogen-bond donors (Lipinski definition) is 1. The summed E-state index contributed by atoms with van der Waals surface area (Å²) < 4.78 is 1.13. The van der Waals surface area contributed by atoms with E-state index in [1.807, 2.05) is 13.8 Å². The number of carbonyl (C=O) groups is 1. The Balaban J connectivity index is 2.73. The Morgan fingerprint density at radius 3 is 2.65 bits per heavy atom. The van der Waals surface area contributed by atoms with Gasteiger partial charge >= 0.3 is 11.7 Å². The Morgan fingerprint density at radius 1 is 1.35 bits per heavy atom. The van der Waals surface area contributed by atoms with Gasteiger partial charge in [0.1, 0.15) is 11.5 Å². The standard InChI is InChI=1S/C11H11N3O3/c1-6(2)9-12-8-4-3-7(10(15)16)5-14(8)11(17)13-9/h3-6H,1-2H3,(H,15,16). The van der Waals surface area contributed by atoms with Crippen molar-refractivity contribution in [3.8, 4) is 0 Å². The maximum absolute atomic E-state index is 11.7. The minimum atomic E-state index is -1.09. The molecule has 0 saturated heterocycles. The zero-order chi connectivity index (χ0) is 12.6. The number of rotatable bonds is 2. The monoisotopic (exact) mass is 233 g/mol. The summed E-state index contributed by atoms with van der Waals surface area (Å²) >= 11 is 0. The van der Waals surface area contributed by atoms with Gasteiger partial charge in [-0.3, -0.25) is 4.40 Å². The van der Waals surface area contributed by atoms with E-state index in [1.165, 1.54) is 18.3 Å². The molecule has 0 unspecified atom stereocenters. The van der Waals surface area contributed by atoms with Crippen molar-refractivity contribution < 1.29 is 9.90 Å². The van der Waals surface area contributed by atoms with Crippen molar-refractivity contribution in [1.29, 1.82) is 0 Å². The smallest absolute Gasteiger partial charge is 0.355 e. The lowest BCUT2D eigenvalue weighted by Crippen LogP contribution is -2.22. The number of fused-ring (bicyclic) bond motifs is 1. The lowest BCUT2D eigenvalue weighted by molar-refractivity contribution is 0.0696. The summed E-state index contributed by atoms with van der Waals surface area (Å²) in [7, 11) is 0. The van der Waals surface area contributed by atoms with Crippen LogP contribution in [0.25, 0.3) is 5.65 Å². The third-order valence-electron chi connectivity index (χ3n) is 2.34. The van der Waals surface area contributed by atoms with Crippen LogP contribution in [0, 0.1) is 0 Å². The van der Waals surface area contributed by atoms with E-state index in [9.17, 15) is 9.59 Å². The zero-order valence-corrected chi connectivity index (χ0v) is 9.41. The molecule has 0 amide bonds. The molecule has 2 heterocycles. The van der Waals surface area contributed by atoms with E-state index in [4.69, 9.17) is 5.11 Å². The summed E-state index contributed by atoms with van der Waals surface area (Å²) in [5, 5.41) is 8.82. The quantitative estimate of drug-likeness (QED) is 0.833. The molecule has 2 aromatic heterocycles. The van der Waals surface area contributed by atoms with Crippen LogP contribution < -0.4 is 5.69 Å². The molecule has 0 aliphatic rings. The summed E-state index contributed by atoms with van der Waals surface area (Å²) in [5.74, 6) is -0.586. The van der Waals surface area contributed by atoms with Crippen molar-refractivity contribution in [2.24, 2.45) is 0 Å². The number of pyridine rings is 1. The highest BCUT2D eigenvalue weighted by Gasteiger charge is 2.09. The normalized spacial score (nSPS) is 11.0. The Bertz CT molecular complexity index is 646. The Morgan fingerprint density at radius 2 is 2.06 bits per heavy atom. The molecule has 0 fully saturated rings. The molecule has 0 spiro atoms. The first-order chi connectivity index (χ1) is 7.99. The predicted octanol–water partition coefficient (Wildman–Crippen LogP) is 0.911. The molecule has 0 aliphatic carbocycles. The predicted molar refractivity (Wildman–Crippen MR) is 60.3 cm³/mol. The molecule has 1 N–H and O–H groups in total. The number of aromatic carboxylic acids is 1. The van der Waals surface area contributed by atoms with Crippen LogP contribution in [0.2, 0.25) is 0 Å². The third kappa shape index (κ3) is 2.01. The van der Waals surface area contributed by atoms with E-state index in [0.717, 1.165) is 4.40 Å². The molecule has 17 heavy (non-hydrogen) atoms. The van der Waals surface area contributed by atoms with Gasteiger partial charge in [-0.05, 0) is 12.1 Å². The molecule has 0 aliphatic heterocycles. The second-order valence-corrected chi connectivity index (χ2v) is 3.97. The average molecular weight is 233 g/mol. The average Bonchev–Trinajstić information content (AvgIpc) is 2.28. The van der Waals surface area contributed by atoms with Gasteiger partial charge in [0.2, 0.25) is 0 Å². The van der Waals surface area contributed by atoms with Gasteiger partial charge in [0.25, 0.3) is 0 Å². The highest BCUT2D eigenvalue weighted by molar-refractivity contribution is 5.87. The number of carboxylic acid groups (broad SMARTS) is 1. The molecular weight excluding hydrogens is 222 g/mol. The molecule has 0 saturated carbocycles. The summed E-state index contributed by atoms with van der Waals surface area (Å²) in [4.78, 5) is 30.5. The lowest BCUT2D eigenvalue weighted by Gasteiger charge is -2.05. The van der Waals surface area contributed by atoms with Crippen molar-refractivity contribution in [2.45, 2.75) is 19.8 Å². The molecule has 2 rings (SSSR count). The molecule has 0 radical (unpaired) electrons.